The number of carbonyl (C=O) groups excluding carboxylic acids is 1. The largest absolute Gasteiger partial charge is 0.451 e. The van der Waals surface area contributed by atoms with Gasteiger partial charge in [0, 0.05) is 54.4 Å². The third-order valence-electron chi connectivity index (χ3n) is 6.56. The number of nitrogens with zero attached hydrogens (tertiary/aromatic N) is 6. The van der Waals surface area contributed by atoms with Crippen molar-refractivity contribution in [1.82, 2.24) is 24.6 Å². The zero-order valence-electron chi connectivity index (χ0n) is 17.9. The lowest BCUT2D eigenvalue weighted by atomic mass is 9.85. The molecule has 0 saturated carbocycles. The van der Waals surface area contributed by atoms with Gasteiger partial charge < -0.3 is 14.4 Å². The summed E-state index contributed by atoms with van der Waals surface area (Å²) < 4.78 is 40.3. The number of anilines is 1. The van der Waals surface area contributed by atoms with Gasteiger partial charge in [-0.2, -0.15) is 13.2 Å². The summed E-state index contributed by atoms with van der Waals surface area (Å²) in [4.78, 5) is 21.5. The molecule has 0 spiro atoms. The Morgan fingerprint density at radius 1 is 1.15 bits per heavy atom. The molecule has 0 aliphatic carbocycles. The molecule has 7 nitrogen and oxygen atoms in total. The monoisotopic (exact) mass is 478 g/mol. The number of hydrogen-bond acceptors (Lipinski definition) is 5. The van der Waals surface area contributed by atoms with Gasteiger partial charge in [0.2, 0.25) is 11.7 Å². The number of alkyl halides is 3. The van der Waals surface area contributed by atoms with E-state index in [1.54, 1.807) is 11.1 Å². The Hall–Kier alpha value is -2.88. The number of halogens is 4. The van der Waals surface area contributed by atoms with E-state index in [4.69, 9.17) is 11.6 Å². The maximum atomic E-state index is 13.3. The molecule has 33 heavy (non-hydrogen) atoms. The van der Waals surface area contributed by atoms with Crippen LogP contribution in [0, 0.1) is 11.8 Å². The minimum absolute atomic E-state index is 0.0346. The van der Waals surface area contributed by atoms with Crippen LogP contribution in [0.15, 0.2) is 30.5 Å². The fraction of sp³-hybridized carbons (Fsp3) is 0.455. The summed E-state index contributed by atoms with van der Waals surface area (Å²) >= 11 is 6.20. The maximum Gasteiger partial charge on any atom is 0.451 e. The Morgan fingerprint density at radius 3 is 2.73 bits per heavy atom. The zero-order valence-corrected chi connectivity index (χ0v) is 18.6. The number of piperidine rings is 1. The molecule has 4 heterocycles. The Balaban J connectivity index is 1.30. The molecule has 3 aromatic rings. The zero-order chi connectivity index (χ0) is 23.3. The second-order valence-electron chi connectivity index (χ2n) is 8.66. The number of benzene rings is 1. The number of pyridine rings is 1. The summed E-state index contributed by atoms with van der Waals surface area (Å²) in [5.41, 5.74) is 1.89. The molecule has 1 aromatic carbocycles. The molecule has 0 radical (unpaired) electrons. The minimum atomic E-state index is -4.56. The van der Waals surface area contributed by atoms with Crippen LogP contribution in [-0.4, -0.2) is 50.2 Å². The number of fused-ring (bicyclic) bond motifs is 2. The van der Waals surface area contributed by atoms with E-state index in [1.165, 1.54) is 0 Å². The molecular formula is C22H22ClF3N6O. The Labute approximate surface area is 193 Å². The van der Waals surface area contributed by atoms with Crippen molar-refractivity contribution >= 4 is 34.1 Å². The van der Waals surface area contributed by atoms with Crippen LogP contribution < -0.4 is 4.90 Å². The average molecular weight is 479 g/mol. The van der Waals surface area contributed by atoms with E-state index in [0.717, 1.165) is 21.2 Å². The van der Waals surface area contributed by atoms with Gasteiger partial charge in [0.1, 0.15) is 0 Å². The van der Waals surface area contributed by atoms with Gasteiger partial charge in [0.15, 0.2) is 5.82 Å². The van der Waals surface area contributed by atoms with E-state index in [0.29, 0.717) is 24.5 Å². The number of aromatic nitrogens is 4. The lowest BCUT2D eigenvalue weighted by Gasteiger charge is -2.40. The van der Waals surface area contributed by atoms with Crippen LogP contribution in [0.25, 0.3) is 10.9 Å². The fourth-order valence-electron chi connectivity index (χ4n) is 4.90. The topological polar surface area (TPSA) is 67.2 Å². The van der Waals surface area contributed by atoms with Crippen molar-refractivity contribution in [3.05, 3.63) is 47.1 Å². The first kappa shape index (κ1) is 21.9. The van der Waals surface area contributed by atoms with Crippen molar-refractivity contribution in [3.63, 3.8) is 0 Å². The first-order valence-electron chi connectivity index (χ1n) is 10.8. The molecule has 11 heteroatoms. The third-order valence-corrected chi connectivity index (χ3v) is 6.80. The predicted octanol–water partition coefficient (Wildman–Crippen LogP) is 4.00. The quantitative estimate of drug-likeness (QED) is 0.557. The molecule has 0 bridgehead atoms. The first-order valence-corrected chi connectivity index (χ1v) is 11.2. The van der Waals surface area contributed by atoms with Crippen LogP contribution in [0.3, 0.4) is 0 Å². The van der Waals surface area contributed by atoms with Crippen LogP contribution in [-0.2, 0) is 24.1 Å². The van der Waals surface area contributed by atoms with Crippen molar-refractivity contribution in [2.75, 3.05) is 24.5 Å². The number of carbonyl (C=O) groups is 1. The van der Waals surface area contributed by atoms with Crippen LogP contribution in [0.1, 0.15) is 25.0 Å². The Morgan fingerprint density at radius 2 is 1.97 bits per heavy atom. The molecule has 0 unspecified atom stereocenters. The van der Waals surface area contributed by atoms with Crippen LogP contribution in [0.4, 0.5) is 18.9 Å². The smallest absolute Gasteiger partial charge is 0.371 e. The minimum Gasteiger partial charge on any atom is -0.371 e. The van der Waals surface area contributed by atoms with Gasteiger partial charge in [0.05, 0.1) is 12.1 Å². The van der Waals surface area contributed by atoms with Gasteiger partial charge in [-0.1, -0.05) is 18.5 Å². The van der Waals surface area contributed by atoms with E-state index in [2.05, 4.69) is 20.1 Å². The van der Waals surface area contributed by atoms with Gasteiger partial charge in [-0.3, -0.25) is 9.78 Å². The Kier molecular flexibility index (Phi) is 5.43. The van der Waals surface area contributed by atoms with Crippen molar-refractivity contribution in [2.24, 2.45) is 11.8 Å². The second kappa shape index (κ2) is 8.16. The van der Waals surface area contributed by atoms with Gasteiger partial charge in [-0.15, -0.1) is 10.2 Å². The fourth-order valence-corrected chi connectivity index (χ4v) is 5.07. The van der Waals surface area contributed by atoms with Crippen molar-refractivity contribution < 1.29 is 18.0 Å². The summed E-state index contributed by atoms with van der Waals surface area (Å²) in [6, 6.07) is 7.56. The first-order chi connectivity index (χ1) is 15.7. The van der Waals surface area contributed by atoms with Crippen LogP contribution in [0.5, 0.6) is 0 Å². The second-order valence-corrected chi connectivity index (χ2v) is 9.10. The number of amides is 1. The molecular weight excluding hydrogens is 457 g/mol. The summed E-state index contributed by atoms with van der Waals surface area (Å²) in [5, 5.41) is 8.59. The lowest BCUT2D eigenvalue weighted by Crippen LogP contribution is -2.49. The standard InChI is InChI=1S/C22H22ClF3N6O/c1-13-11-30(18-4-6-27-17-3-2-14(23)10-16(17)18)7-5-15(13)20(33)31-8-9-32-19(12-31)28-29-21(32)22(24,25)26/h2-4,6,10,13,15H,5,7-9,11-12H2,1H3/t13-,15+/m1/s1. The molecule has 5 rings (SSSR count). The van der Waals surface area contributed by atoms with E-state index in [1.807, 2.05) is 31.2 Å². The summed E-state index contributed by atoms with van der Waals surface area (Å²) in [7, 11) is 0. The molecule has 2 aliphatic heterocycles. The van der Waals surface area contributed by atoms with E-state index < -0.39 is 12.0 Å². The molecule has 1 amide bonds. The molecule has 2 aromatic heterocycles. The van der Waals surface area contributed by atoms with Gasteiger partial charge in [-0.25, -0.2) is 0 Å². The van der Waals surface area contributed by atoms with Gasteiger partial charge >= 0.3 is 6.18 Å². The highest BCUT2D eigenvalue weighted by Gasteiger charge is 2.41. The highest BCUT2D eigenvalue weighted by molar-refractivity contribution is 6.31. The summed E-state index contributed by atoms with van der Waals surface area (Å²) in [6.45, 7) is 3.72. The maximum absolute atomic E-state index is 13.3. The highest BCUT2D eigenvalue weighted by atomic mass is 35.5. The van der Waals surface area contributed by atoms with Crippen molar-refractivity contribution in [1.29, 1.82) is 0 Å². The molecule has 174 valence electrons. The van der Waals surface area contributed by atoms with E-state index >= 15 is 0 Å². The average Bonchev–Trinajstić information content (AvgIpc) is 3.22. The van der Waals surface area contributed by atoms with Crippen molar-refractivity contribution in [2.45, 2.75) is 32.6 Å². The highest BCUT2D eigenvalue weighted by Crippen LogP contribution is 2.34. The Bertz CT molecular complexity index is 1210. The molecule has 2 atom stereocenters. The third kappa shape index (κ3) is 4.01. The van der Waals surface area contributed by atoms with Gasteiger partial charge in [-0.05, 0) is 36.6 Å². The van der Waals surface area contributed by atoms with Crippen molar-refractivity contribution in [3.8, 4) is 0 Å². The van der Waals surface area contributed by atoms with Crippen LogP contribution in [0.2, 0.25) is 5.02 Å². The molecule has 1 saturated heterocycles. The summed E-state index contributed by atoms with van der Waals surface area (Å²) in [5.74, 6) is -0.996. The van der Waals surface area contributed by atoms with Gasteiger partial charge in [0.25, 0.3) is 0 Å². The molecule has 0 N–H and O–H groups in total. The number of rotatable bonds is 2. The normalized spacial score (nSPS) is 21.4. The predicted molar refractivity (Wildman–Crippen MR) is 117 cm³/mol. The molecule has 1 fully saturated rings. The van der Waals surface area contributed by atoms with E-state index in [-0.39, 0.29) is 43.2 Å². The lowest BCUT2D eigenvalue weighted by molar-refractivity contribution is -0.148. The van der Waals surface area contributed by atoms with Crippen LogP contribution >= 0.6 is 11.6 Å². The molecule has 2 aliphatic rings. The SMILES string of the molecule is C[C@@H]1CN(c2ccnc3ccc(Cl)cc23)CC[C@@H]1C(=O)N1CCn2c(nnc2C(F)(F)F)C1. The van der Waals surface area contributed by atoms with E-state index in [9.17, 15) is 18.0 Å². The summed E-state index contributed by atoms with van der Waals surface area (Å²) in [6.07, 6.45) is -2.13. The number of hydrogen-bond donors (Lipinski definition) is 0.